The summed E-state index contributed by atoms with van der Waals surface area (Å²) in [6, 6.07) is 0. The van der Waals surface area contributed by atoms with Crippen LogP contribution in [0.25, 0.3) is 0 Å². The van der Waals surface area contributed by atoms with Gasteiger partial charge in [0.05, 0.1) is 6.61 Å². The molecule has 0 saturated heterocycles. The van der Waals surface area contributed by atoms with Crippen LogP contribution in [0.3, 0.4) is 0 Å². The van der Waals surface area contributed by atoms with Crippen LogP contribution >= 0.6 is 0 Å². The van der Waals surface area contributed by atoms with Crippen molar-refractivity contribution in [3.05, 3.63) is 12.2 Å². The highest BCUT2D eigenvalue weighted by atomic mass is 16.6. The normalized spacial score (nSPS) is 12.1. The fourth-order valence-corrected chi connectivity index (χ4v) is 6.45. The summed E-state index contributed by atoms with van der Waals surface area (Å²) in [6.07, 6.45) is 45.0. The molecule has 50 heavy (non-hydrogen) atoms. The van der Waals surface area contributed by atoms with Crippen molar-refractivity contribution in [2.24, 2.45) is 0 Å². The quantitative estimate of drug-likeness (QED) is 0.0360. The molecule has 0 radical (unpaired) electrons. The van der Waals surface area contributed by atoms with Crippen LogP contribution in [-0.4, -0.2) is 37.9 Å². The lowest BCUT2D eigenvalue weighted by molar-refractivity contribution is -0.163. The molecule has 0 N–H and O–H groups in total. The molecule has 0 bridgehead atoms. The van der Waals surface area contributed by atoms with E-state index in [1.165, 1.54) is 173 Å². The predicted molar refractivity (Wildman–Crippen MR) is 215 cm³/mol. The molecule has 0 aromatic heterocycles. The number of hydrogen-bond acceptors (Lipinski definition) is 5. The molecule has 0 saturated carbocycles. The Morgan fingerprint density at radius 3 is 1.22 bits per heavy atom. The van der Waals surface area contributed by atoms with Gasteiger partial charge in [-0.3, -0.25) is 9.59 Å². The van der Waals surface area contributed by atoms with Crippen LogP contribution in [0.1, 0.15) is 239 Å². The highest BCUT2D eigenvalue weighted by molar-refractivity contribution is 5.70. The molecular formula is C45H86O5. The van der Waals surface area contributed by atoms with E-state index in [2.05, 4.69) is 32.9 Å². The summed E-state index contributed by atoms with van der Waals surface area (Å²) in [5.74, 6) is -0.396. The highest BCUT2D eigenvalue weighted by Gasteiger charge is 2.17. The van der Waals surface area contributed by atoms with Crippen LogP contribution in [0.15, 0.2) is 12.2 Å². The van der Waals surface area contributed by atoms with Crippen LogP contribution in [0.2, 0.25) is 0 Å². The summed E-state index contributed by atoms with van der Waals surface area (Å²) in [6.45, 7) is 7.81. The number of allylic oxidation sites excluding steroid dienone is 2. The van der Waals surface area contributed by atoms with Crippen molar-refractivity contribution in [1.82, 2.24) is 0 Å². The van der Waals surface area contributed by atoms with Crippen LogP contribution in [0.4, 0.5) is 0 Å². The van der Waals surface area contributed by atoms with E-state index in [0.717, 1.165) is 32.1 Å². The molecule has 0 aromatic carbocycles. The van der Waals surface area contributed by atoms with Crippen molar-refractivity contribution >= 4 is 11.9 Å². The third-order valence-electron chi connectivity index (χ3n) is 9.80. The second kappa shape index (κ2) is 42.1. The third-order valence-corrected chi connectivity index (χ3v) is 9.80. The maximum Gasteiger partial charge on any atom is 0.306 e. The van der Waals surface area contributed by atoms with Gasteiger partial charge in [-0.25, -0.2) is 0 Å². The minimum atomic E-state index is -0.524. The van der Waals surface area contributed by atoms with E-state index in [-0.39, 0.29) is 18.5 Å². The van der Waals surface area contributed by atoms with E-state index in [4.69, 9.17) is 14.2 Å². The molecule has 0 heterocycles. The number of unbranched alkanes of at least 4 members (excludes halogenated alkanes) is 28. The largest absolute Gasteiger partial charge is 0.462 e. The Morgan fingerprint density at radius 2 is 0.780 bits per heavy atom. The van der Waals surface area contributed by atoms with Gasteiger partial charge in [0.15, 0.2) is 6.10 Å². The van der Waals surface area contributed by atoms with E-state index in [1.54, 1.807) is 0 Å². The molecule has 0 aliphatic rings. The fourth-order valence-electron chi connectivity index (χ4n) is 6.45. The Morgan fingerprint density at radius 1 is 0.420 bits per heavy atom. The smallest absolute Gasteiger partial charge is 0.306 e. The monoisotopic (exact) mass is 707 g/mol. The van der Waals surface area contributed by atoms with Crippen molar-refractivity contribution in [2.75, 3.05) is 19.8 Å². The van der Waals surface area contributed by atoms with Crippen molar-refractivity contribution in [1.29, 1.82) is 0 Å². The fraction of sp³-hybridized carbons (Fsp3) is 0.911. The summed E-state index contributed by atoms with van der Waals surface area (Å²) >= 11 is 0. The lowest BCUT2D eigenvalue weighted by Gasteiger charge is -2.18. The molecule has 5 nitrogen and oxygen atoms in total. The number of hydrogen-bond donors (Lipinski definition) is 0. The van der Waals surface area contributed by atoms with Gasteiger partial charge in [0.2, 0.25) is 0 Å². The first-order chi connectivity index (χ1) is 24.6. The van der Waals surface area contributed by atoms with Gasteiger partial charge in [-0.1, -0.05) is 193 Å². The van der Waals surface area contributed by atoms with Gasteiger partial charge in [0.25, 0.3) is 0 Å². The van der Waals surface area contributed by atoms with Crippen LogP contribution in [-0.2, 0) is 23.8 Å². The molecule has 0 spiro atoms. The molecule has 0 fully saturated rings. The molecule has 1 unspecified atom stereocenters. The van der Waals surface area contributed by atoms with Crippen LogP contribution in [0.5, 0.6) is 0 Å². The van der Waals surface area contributed by atoms with E-state index in [0.29, 0.717) is 26.1 Å². The molecule has 0 rings (SSSR count). The van der Waals surface area contributed by atoms with Crippen LogP contribution in [0, 0.1) is 0 Å². The minimum absolute atomic E-state index is 0.0903. The molecule has 5 heteroatoms. The van der Waals surface area contributed by atoms with Crippen molar-refractivity contribution in [2.45, 2.75) is 245 Å². The van der Waals surface area contributed by atoms with E-state index in [9.17, 15) is 9.59 Å². The molecule has 1 atom stereocenters. The van der Waals surface area contributed by atoms with E-state index >= 15 is 0 Å². The summed E-state index contributed by atoms with van der Waals surface area (Å²) in [4.78, 5) is 25.1. The van der Waals surface area contributed by atoms with Gasteiger partial charge in [-0.05, 0) is 44.9 Å². The topological polar surface area (TPSA) is 61.8 Å². The maximum absolute atomic E-state index is 12.6. The first kappa shape index (κ1) is 48.6. The second-order valence-corrected chi connectivity index (χ2v) is 15.0. The zero-order valence-electron chi connectivity index (χ0n) is 33.9. The Kier molecular flexibility index (Phi) is 40.9. The van der Waals surface area contributed by atoms with Gasteiger partial charge in [-0.2, -0.15) is 0 Å². The Hall–Kier alpha value is -1.36. The Balaban J connectivity index is 4.08. The summed E-state index contributed by atoms with van der Waals surface area (Å²) in [5.41, 5.74) is 0. The minimum Gasteiger partial charge on any atom is -0.462 e. The zero-order valence-corrected chi connectivity index (χ0v) is 33.9. The molecule has 0 amide bonds. The standard InChI is InChI=1S/C45H86O5/c1-4-7-10-13-16-18-20-21-22-23-24-25-26-27-30-32-35-38-44(46)49-42-43(50-45(47)39-36-33-29-15-12-9-6-3)41-48-40-37-34-31-28-19-17-14-11-8-5-2/h21-22,43H,4-20,23-42H2,1-3H3/b22-21-. The van der Waals surface area contributed by atoms with Gasteiger partial charge in [0, 0.05) is 19.4 Å². The third kappa shape index (κ3) is 39.4. The van der Waals surface area contributed by atoms with Gasteiger partial charge < -0.3 is 14.2 Å². The lowest BCUT2D eigenvalue weighted by atomic mass is 10.1. The SMILES string of the molecule is CCCCCCCC/C=C\CCCCCCCCCC(=O)OCC(COCCCCCCCCCCCC)OC(=O)CCCCCCCCC. The molecule has 0 aliphatic heterocycles. The first-order valence-corrected chi connectivity index (χ1v) is 22.2. The summed E-state index contributed by atoms with van der Waals surface area (Å²) in [7, 11) is 0. The zero-order chi connectivity index (χ0) is 36.4. The summed E-state index contributed by atoms with van der Waals surface area (Å²) in [5, 5.41) is 0. The first-order valence-electron chi connectivity index (χ1n) is 22.2. The maximum atomic E-state index is 12.6. The highest BCUT2D eigenvalue weighted by Crippen LogP contribution is 2.14. The van der Waals surface area contributed by atoms with Gasteiger partial charge >= 0.3 is 11.9 Å². The van der Waals surface area contributed by atoms with Crippen molar-refractivity contribution in [3.8, 4) is 0 Å². The molecule has 0 aliphatic carbocycles. The predicted octanol–water partition coefficient (Wildman–Crippen LogP) is 14.3. The summed E-state index contributed by atoms with van der Waals surface area (Å²) < 4.78 is 17.2. The average molecular weight is 707 g/mol. The van der Waals surface area contributed by atoms with Crippen LogP contribution < -0.4 is 0 Å². The number of carbonyl (C=O) groups is 2. The molecule has 296 valence electrons. The number of rotatable bonds is 41. The van der Waals surface area contributed by atoms with Gasteiger partial charge in [0.1, 0.15) is 6.61 Å². The lowest BCUT2D eigenvalue weighted by Crippen LogP contribution is -2.30. The van der Waals surface area contributed by atoms with E-state index < -0.39 is 6.10 Å². The van der Waals surface area contributed by atoms with Crippen molar-refractivity contribution in [3.63, 3.8) is 0 Å². The number of esters is 2. The second-order valence-electron chi connectivity index (χ2n) is 15.0. The number of ether oxygens (including phenoxy) is 3. The van der Waals surface area contributed by atoms with E-state index in [1.807, 2.05) is 0 Å². The average Bonchev–Trinajstić information content (AvgIpc) is 3.11. The Bertz CT molecular complexity index is 720. The molecule has 0 aromatic rings. The van der Waals surface area contributed by atoms with Crippen molar-refractivity contribution < 1.29 is 23.8 Å². The van der Waals surface area contributed by atoms with Gasteiger partial charge in [-0.15, -0.1) is 0 Å². The Labute approximate surface area is 312 Å². The molecular weight excluding hydrogens is 620 g/mol. The number of carbonyl (C=O) groups excluding carboxylic acids is 2.